The van der Waals surface area contributed by atoms with Crippen LogP contribution in [0.4, 0.5) is 0 Å². The van der Waals surface area contributed by atoms with Crippen molar-refractivity contribution in [3.8, 4) is 11.8 Å². The molecule has 2 aliphatic heterocycles. The summed E-state index contributed by atoms with van der Waals surface area (Å²) in [5, 5.41) is 0. The van der Waals surface area contributed by atoms with E-state index in [0.29, 0.717) is 19.8 Å². The van der Waals surface area contributed by atoms with Crippen LogP contribution in [-0.4, -0.2) is 36.5 Å². The predicted octanol–water partition coefficient (Wildman–Crippen LogP) is 1.62. The fraction of sp³-hybridized carbons (Fsp3) is 0.333. The van der Waals surface area contributed by atoms with Gasteiger partial charge >= 0.3 is 0 Å². The Bertz CT molecular complexity index is 636. The summed E-state index contributed by atoms with van der Waals surface area (Å²) >= 11 is 0. The molecule has 112 valence electrons. The molecular weight excluding hydrogens is 278 g/mol. The second-order valence-corrected chi connectivity index (χ2v) is 5.49. The second-order valence-electron chi connectivity index (χ2n) is 5.49. The van der Waals surface area contributed by atoms with Crippen LogP contribution in [0.3, 0.4) is 0 Å². The topological polar surface area (TPSA) is 46.6 Å². The molecule has 0 aromatic heterocycles. The van der Waals surface area contributed by atoms with E-state index in [0.717, 1.165) is 12.0 Å². The van der Waals surface area contributed by atoms with E-state index in [1.54, 1.807) is 0 Å². The maximum atomic E-state index is 11.7. The molecule has 1 fully saturated rings. The lowest BCUT2D eigenvalue weighted by Crippen LogP contribution is -2.40. The summed E-state index contributed by atoms with van der Waals surface area (Å²) < 4.78 is 5.51. The number of imide groups is 1. The molecule has 0 bridgehead atoms. The Morgan fingerprint density at radius 1 is 1.14 bits per heavy atom. The minimum Gasteiger partial charge on any atom is -0.380 e. The Balaban J connectivity index is 1.71. The fourth-order valence-corrected chi connectivity index (χ4v) is 2.70. The van der Waals surface area contributed by atoms with Gasteiger partial charge in [0.2, 0.25) is 0 Å². The van der Waals surface area contributed by atoms with Crippen molar-refractivity contribution in [2.75, 3.05) is 19.8 Å². The molecule has 2 atom stereocenters. The highest BCUT2D eigenvalue weighted by Gasteiger charge is 2.31. The summed E-state index contributed by atoms with van der Waals surface area (Å²) in [5.74, 6) is 6.15. The highest BCUT2D eigenvalue weighted by molar-refractivity contribution is 6.12. The molecule has 2 heterocycles. The van der Waals surface area contributed by atoms with E-state index in [1.165, 1.54) is 17.1 Å². The van der Waals surface area contributed by atoms with E-state index >= 15 is 0 Å². The summed E-state index contributed by atoms with van der Waals surface area (Å²) in [6.07, 6.45) is 3.46. The van der Waals surface area contributed by atoms with Gasteiger partial charge in [-0.2, -0.15) is 0 Å². The Hall–Kier alpha value is -2.38. The third-order valence-corrected chi connectivity index (χ3v) is 3.99. The molecule has 0 spiro atoms. The zero-order valence-corrected chi connectivity index (χ0v) is 12.2. The lowest BCUT2D eigenvalue weighted by atomic mass is 9.88. The molecule has 2 unspecified atom stereocenters. The summed E-state index contributed by atoms with van der Waals surface area (Å²) in [6.45, 7) is 1.62. The van der Waals surface area contributed by atoms with Gasteiger partial charge < -0.3 is 4.74 Å². The number of benzene rings is 1. The van der Waals surface area contributed by atoms with Crippen LogP contribution in [0.2, 0.25) is 0 Å². The van der Waals surface area contributed by atoms with Gasteiger partial charge in [0.1, 0.15) is 0 Å². The van der Waals surface area contributed by atoms with Crippen LogP contribution in [-0.2, 0) is 14.3 Å². The molecule has 1 aromatic rings. The zero-order valence-electron chi connectivity index (χ0n) is 12.2. The Morgan fingerprint density at radius 3 is 2.59 bits per heavy atom. The summed E-state index contributed by atoms with van der Waals surface area (Å²) in [4.78, 5) is 24.7. The third-order valence-electron chi connectivity index (χ3n) is 3.99. The lowest BCUT2D eigenvalue weighted by molar-refractivity contribution is -0.138. The first kappa shape index (κ1) is 14.6. The van der Waals surface area contributed by atoms with Crippen molar-refractivity contribution >= 4 is 11.8 Å². The van der Waals surface area contributed by atoms with Gasteiger partial charge in [0.15, 0.2) is 0 Å². The van der Waals surface area contributed by atoms with Crippen LogP contribution in [0.5, 0.6) is 0 Å². The molecule has 4 nitrogen and oxygen atoms in total. The highest BCUT2D eigenvalue weighted by Crippen LogP contribution is 2.24. The number of nitrogens with zero attached hydrogens (tertiary/aromatic N) is 1. The van der Waals surface area contributed by atoms with Crippen molar-refractivity contribution in [1.29, 1.82) is 0 Å². The smallest absolute Gasteiger partial charge is 0.253 e. The van der Waals surface area contributed by atoms with Gasteiger partial charge in [-0.3, -0.25) is 14.5 Å². The average Bonchev–Trinajstić information content (AvgIpc) is 2.87. The largest absolute Gasteiger partial charge is 0.380 e. The van der Waals surface area contributed by atoms with E-state index in [9.17, 15) is 9.59 Å². The minimum atomic E-state index is -0.230. The number of hydrogen-bond acceptors (Lipinski definition) is 3. The first-order valence-corrected chi connectivity index (χ1v) is 7.42. The Morgan fingerprint density at radius 2 is 1.86 bits per heavy atom. The predicted molar refractivity (Wildman–Crippen MR) is 81.6 cm³/mol. The summed E-state index contributed by atoms with van der Waals surface area (Å²) in [5.41, 5.74) is 0.960. The van der Waals surface area contributed by atoms with Gasteiger partial charge in [0, 0.05) is 36.8 Å². The van der Waals surface area contributed by atoms with Crippen LogP contribution in [0.15, 0.2) is 42.5 Å². The van der Waals surface area contributed by atoms with E-state index in [-0.39, 0.29) is 23.7 Å². The lowest BCUT2D eigenvalue weighted by Gasteiger charge is -2.30. The second kappa shape index (κ2) is 6.59. The Kier molecular flexibility index (Phi) is 4.36. The number of carbonyl (C=O) groups is 2. The standard InChI is InChI=1S/C18H17NO3/c20-17-8-9-18(21)19(17)12-15-10-11-22-13-16(15)7-6-14-4-2-1-3-5-14/h1-5,8-9,15-16H,10-13H2. The van der Waals surface area contributed by atoms with E-state index in [2.05, 4.69) is 11.8 Å². The van der Waals surface area contributed by atoms with Gasteiger partial charge in [-0.15, -0.1) is 0 Å². The molecule has 1 aromatic carbocycles. The van der Waals surface area contributed by atoms with E-state index in [1.807, 2.05) is 30.3 Å². The normalized spacial score (nSPS) is 24.3. The van der Waals surface area contributed by atoms with Gasteiger partial charge in [-0.05, 0) is 24.5 Å². The first-order valence-electron chi connectivity index (χ1n) is 7.42. The van der Waals surface area contributed by atoms with Gasteiger partial charge in [-0.25, -0.2) is 0 Å². The van der Waals surface area contributed by atoms with Crippen molar-refractivity contribution < 1.29 is 14.3 Å². The van der Waals surface area contributed by atoms with Gasteiger partial charge in [0.25, 0.3) is 11.8 Å². The molecule has 2 aliphatic rings. The molecule has 3 rings (SSSR count). The number of rotatable bonds is 2. The molecule has 2 amide bonds. The van der Waals surface area contributed by atoms with Crippen molar-refractivity contribution in [2.45, 2.75) is 6.42 Å². The Labute approximate surface area is 129 Å². The number of carbonyl (C=O) groups excluding carboxylic acids is 2. The van der Waals surface area contributed by atoms with Crippen LogP contribution in [0.1, 0.15) is 12.0 Å². The minimum absolute atomic E-state index is 0.0372. The molecule has 4 heteroatoms. The molecule has 0 N–H and O–H groups in total. The molecule has 22 heavy (non-hydrogen) atoms. The van der Waals surface area contributed by atoms with Crippen LogP contribution in [0.25, 0.3) is 0 Å². The van der Waals surface area contributed by atoms with Crippen molar-refractivity contribution in [3.63, 3.8) is 0 Å². The molecule has 0 aliphatic carbocycles. The van der Waals surface area contributed by atoms with Crippen LogP contribution in [0, 0.1) is 23.7 Å². The van der Waals surface area contributed by atoms with Crippen LogP contribution >= 0.6 is 0 Å². The molecular formula is C18H17NO3. The summed E-state index contributed by atoms with van der Waals surface area (Å²) in [7, 11) is 0. The molecule has 1 saturated heterocycles. The maximum absolute atomic E-state index is 11.7. The van der Waals surface area contributed by atoms with Crippen molar-refractivity contribution in [3.05, 3.63) is 48.0 Å². The number of ether oxygens (including phenoxy) is 1. The highest BCUT2D eigenvalue weighted by atomic mass is 16.5. The van der Waals surface area contributed by atoms with Crippen LogP contribution < -0.4 is 0 Å². The van der Waals surface area contributed by atoms with Crippen molar-refractivity contribution in [1.82, 2.24) is 4.90 Å². The SMILES string of the molecule is O=C1C=CC(=O)N1CC1CCOCC1C#Cc1ccccc1. The van der Waals surface area contributed by atoms with E-state index in [4.69, 9.17) is 4.74 Å². The maximum Gasteiger partial charge on any atom is 0.253 e. The fourth-order valence-electron chi connectivity index (χ4n) is 2.70. The van der Waals surface area contributed by atoms with Gasteiger partial charge in [-0.1, -0.05) is 30.0 Å². The van der Waals surface area contributed by atoms with Crippen molar-refractivity contribution in [2.24, 2.45) is 11.8 Å². The average molecular weight is 295 g/mol. The molecule has 0 saturated carbocycles. The number of hydrogen-bond donors (Lipinski definition) is 0. The third kappa shape index (κ3) is 3.26. The zero-order chi connectivity index (χ0) is 15.4. The van der Waals surface area contributed by atoms with E-state index < -0.39 is 0 Å². The first-order chi connectivity index (χ1) is 10.7. The number of amides is 2. The molecule has 0 radical (unpaired) electrons. The van der Waals surface area contributed by atoms with Gasteiger partial charge in [0.05, 0.1) is 6.61 Å². The monoisotopic (exact) mass is 295 g/mol. The summed E-state index contributed by atoms with van der Waals surface area (Å²) in [6, 6.07) is 9.78. The quantitative estimate of drug-likeness (QED) is 0.615.